The van der Waals surface area contributed by atoms with Crippen LogP contribution >= 0.6 is 11.6 Å². The van der Waals surface area contributed by atoms with Crippen molar-refractivity contribution in [2.24, 2.45) is 5.92 Å². The highest BCUT2D eigenvalue weighted by molar-refractivity contribution is 6.31. The molecule has 0 spiro atoms. The second-order valence-electron chi connectivity index (χ2n) is 7.93. The zero-order chi connectivity index (χ0) is 23.4. The predicted molar refractivity (Wildman–Crippen MR) is 122 cm³/mol. The summed E-state index contributed by atoms with van der Waals surface area (Å²) in [5.74, 6) is -2.03. The van der Waals surface area contributed by atoms with Crippen molar-refractivity contribution >= 4 is 23.3 Å². The quantitative estimate of drug-likeness (QED) is 0.420. The average Bonchev–Trinajstić information content (AvgIpc) is 2.84. The lowest BCUT2D eigenvalue weighted by Gasteiger charge is -2.31. The largest absolute Gasteiger partial charge is 0.488 e. The minimum absolute atomic E-state index is 0.201. The fourth-order valence-corrected chi connectivity index (χ4v) is 4.15. The first kappa shape index (κ1) is 22.9. The summed E-state index contributed by atoms with van der Waals surface area (Å²) in [6, 6.07) is 17.2. The van der Waals surface area contributed by atoms with E-state index in [1.165, 1.54) is 0 Å². The van der Waals surface area contributed by atoms with Crippen molar-refractivity contribution in [1.82, 2.24) is 4.90 Å². The minimum atomic E-state index is -0.732. The van der Waals surface area contributed by atoms with E-state index in [0.717, 1.165) is 23.8 Å². The molecular weight excluding hydrogens is 448 g/mol. The number of carbonyl (C=O) groups is 2. The first-order valence-corrected chi connectivity index (χ1v) is 11.1. The molecule has 0 radical (unpaired) electrons. The fourth-order valence-electron chi connectivity index (χ4n) is 3.96. The molecule has 1 aliphatic heterocycles. The molecule has 1 fully saturated rings. The maximum absolute atomic E-state index is 14.0. The van der Waals surface area contributed by atoms with Crippen LogP contribution in [0.3, 0.4) is 0 Å². The molecule has 4 nitrogen and oxygen atoms in total. The van der Waals surface area contributed by atoms with Gasteiger partial charge in [0, 0.05) is 29.6 Å². The van der Waals surface area contributed by atoms with Gasteiger partial charge in [-0.25, -0.2) is 8.78 Å². The summed E-state index contributed by atoms with van der Waals surface area (Å²) < 4.78 is 33.4. The van der Waals surface area contributed by atoms with Crippen LogP contribution in [0.5, 0.6) is 5.75 Å². The van der Waals surface area contributed by atoms with Gasteiger partial charge in [-0.05, 0) is 49.2 Å². The Morgan fingerprint density at radius 2 is 1.64 bits per heavy atom. The number of halogens is 3. The summed E-state index contributed by atoms with van der Waals surface area (Å²) in [5.41, 5.74) is 0.994. The lowest BCUT2D eigenvalue weighted by atomic mass is 9.88. The molecule has 170 valence electrons. The van der Waals surface area contributed by atoms with Gasteiger partial charge in [0.2, 0.25) is 0 Å². The molecule has 7 heteroatoms. The zero-order valence-electron chi connectivity index (χ0n) is 17.8. The van der Waals surface area contributed by atoms with E-state index < -0.39 is 23.3 Å². The number of para-hydroxylation sites is 1. The lowest BCUT2D eigenvalue weighted by molar-refractivity contribution is 0.0645. The SMILES string of the molecule is O=C(c1cc(F)ccc1F)C1CCN(C(=O)c2ccccc2OCc2ccccc2Cl)CC1. The summed E-state index contributed by atoms with van der Waals surface area (Å²) in [4.78, 5) is 27.5. The van der Waals surface area contributed by atoms with Gasteiger partial charge in [-0.2, -0.15) is 0 Å². The van der Waals surface area contributed by atoms with Gasteiger partial charge in [0.05, 0.1) is 11.1 Å². The fraction of sp³-hybridized carbons (Fsp3) is 0.231. The Kier molecular flexibility index (Phi) is 7.04. The van der Waals surface area contributed by atoms with Crippen LogP contribution in [-0.2, 0) is 6.61 Å². The van der Waals surface area contributed by atoms with E-state index in [1.807, 2.05) is 18.2 Å². The van der Waals surface area contributed by atoms with Crippen LogP contribution in [-0.4, -0.2) is 29.7 Å². The molecule has 0 aromatic heterocycles. The first-order chi connectivity index (χ1) is 15.9. The number of piperidine rings is 1. The number of benzene rings is 3. The van der Waals surface area contributed by atoms with Crippen molar-refractivity contribution in [3.63, 3.8) is 0 Å². The van der Waals surface area contributed by atoms with Crippen LogP contribution in [0.25, 0.3) is 0 Å². The maximum atomic E-state index is 14.0. The van der Waals surface area contributed by atoms with Gasteiger partial charge in [-0.3, -0.25) is 9.59 Å². The average molecular weight is 470 g/mol. The van der Waals surface area contributed by atoms with Gasteiger partial charge in [0.15, 0.2) is 5.78 Å². The number of amides is 1. The Bertz CT molecular complexity index is 1180. The molecule has 33 heavy (non-hydrogen) atoms. The molecule has 0 atom stereocenters. The molecule has 1 amide bonds. The van der Waals surface area contributed by atoms with Crippen LogP contribution in [0.2, 0.25) is 5.02 Å². The summed E-state index contributed by atoms with van der Waals surface area (Å²) in [7, 11) is 0. The van der Waals surface area contributed by atoms with Gasteiger partial charge in [0.1, 0.15) is 24.0 Å². The number of rotatable bonds is 6. The molecule has 0 aliphatic carbocycles. The molecule has 0 saturated carbocycles. The Hall–Kier alpha value is -3.25. The number of ether oxygens (including phenoxy) is 1. The number of hydrogen-bond acceptors (Lipinski definition) is 3. The van der Waals surface area contributed by atoms with Gasteiger partial charge >= 0.3 is 0 Å². The normalized spacial score (nSPS) is 14.2. The Morgan fingerprint density at radius 1 is 0.939 bits per heavy atom. The van der Waals surface area contributed by atoms with E-state index in [1.54, 1.807) is 35.2 Å². The number of Topliss-reactive ketones (excluding diaryl/α,β-unsaturated/α-hetero) is 1. The topological polar surface area (TPSA) is 46.6 Å². The Morgan fingerprint density at radius 3 is 2.39 bits per heavy atom. The zero-order valence-corrected chi connectivity index (χ0v) is 18.5. The van der Waals surface area contributed by atoms with E-state index >= 15 is 0 Å². The van der Waals surface area contributed by atoms with E-state index in [4.69, 9.17) is 16.3 Å². The molecule has 0 unspecified atom stereocenters. The standard InChI is InChI=1S/C26H22ClF2NO3/c27-22-7-3-1-5-18(22)16-33-24-8-4-2-6-20(24)26(32)30-13-11-17(12-14-30)25(31)21-15-19(28)9-10-23(21)29/h1-10,15,17H,11-14,16H2. The van der Waals surface area contributed by atoms with E-state index in [2.05, 4.69) is 0 Å². The second-order valence-corrected chi connectivity index (χ2v) is 8.34. The van der Waals surface area contributed by atoms with E-state index in [-0.39, 0.29) is 18.1 Å². The van der Waals surface area contributed by atoms with Gasteiger partial charge in [-0.15, -0.1) is 0 Å². The molecule has 3 aromatic rings. The molecule has 4 rings (SSSR count). The molecule has 1 saturated heterocycles. The molecule has 0 bridgehead atoms. The monoisotopic (exact) mass is 469 g/mol. The lowest BCUT2D eigenvalue weighted by Crippen LogP contribution is -2.40. The summed E-state index contributed by atoms with van der Waals surface area (Å²) in [6.07, 6.45) is 0.756. The number of carbonyl (C=O) groups excluding carboxylic acids is 2. The van der Waals surface area contributed by atoms with Crippen molar-refractivity contribution < 1.29 is 23.1 Å². The highest BCUT2D eigenvalue weighted by Crippen LogP contribution is 2.27. The summed E-state index contributed by atoms with van der Waals surface area (Å²) >= 11 is 6.19. The van der Waals surface area contributed by atoms with Crippen molar-refractivity contribution in [3.8, 4) is 5.75 Å². The summed E-state index contributed by atoms with van der Waals surface area (Å²) in [6.45, 7) is 0.899. The van der Waals surface area contributed by atoms with Gasteiger partial charge in [0.25, 0.3) is 5.91 Å². The second kappa shape index (κ2) is 10.1. The van der Waals surface area contributed by atoms with Crippen molar-refractivity contribution in [2.75, 3.05) is 13.1 Å². The minimum Gasteiger partial charge on any atom is -0.488 e. The number of likely N-dealkylation sites (tertiary alicyclic amines) is 1. The van der Waals surface area contributed by atoms with Crippen molar-refractivity contribution in [1.29, 1.82) is 0 Å². The van der Waals surface area contributed by atoms with Crippen molar-refractivity contribution in [2.45, 2.75) is 19.4 Å². The molecule has 1 aliphatic rings. The number of nitrogens with zero attached hydrogens (tertiary/aromatic N) is 1. The molecular formula is C26H22ClF2NO3. The Balaban J connectivity index is 1.41. The highest BCUT2D eigenvalue weighted by Gasteiger charge is 2.30. The highest BCUT2D eigenvalue weighted by atomic mass is 35.5. The number of hydrogen-bond donors (Lipinski definition) is 0. The van der Waals surface area contributed by atoms with Gasteiger partial charge in [-0.1, -0.05) is 41.9 Å². The van der Waals surface area contributed by atoms with E-state index in [9.17, 15) is 18.4 Å². The van der Waals surface area contributed by atoms with Crippen LogP contribution in [0.4, 0.5) is 8.78 Å². The summed E-state index contributed by atoms with van der Waals surface area (Å²) in [5, 5.41) is 0.586. The smallest absolute Gasteiger partial charge is 0.257 e. The van der Waals surface area contributed by atoms with Crippen LogP contribution in [0.1, 0.15) is 39.1 Å². The van der Waals surface area contributed by atoms with Crippen LogP contribution in [0, 0.1) is 17.6 Å². The maximum Gasteiger partial charge on any atom is 0.257 e. The third kappa shape index (κ3) is 5.22. The third-order valence-corrected chi connectivity index (χ3v) is 6.17. The molecule has 1 heterocycles. The van der Waals surface area contributed by atoms with Crippen LogP contribution < -0.4 is 4.74 Å². The van der Waals surface area contributed by atoms with Gasteiger partial charge < -0.3 is 9.64 Å². The van der Waals surface area contributed by atoms with Crippen molar-refractivity contribution in [3.05, 3.63) is 100 Å². The third-order valence-electron chi connectivity index (χ3n) is 5.81. The van der Waals surface area contributed by atoms with E-state index in [0.29, 0.717) is 42.3 Å². The predicted octanol–water partition coefficient (Wildman–Crippen LogP) is 5.93. The molecule has 3 aromatic carbocycles. The molecule has 0 N–H and O–H groups in total. The number of ketones is 1. The van der Waals surface area contributed by atoms with Crippen LogP contribution in [0.15, 0.2) is 66.7 Å². The Labute approximate surface area is 195 Å². The first-order valence-electron chi connectivity index (χ1n) is 10.7.